The van der Waals surface area contributed by atoms with E-state index in [9.17, 15) is 9.59 Å². The first kappa shape index (κ1) is 15.5. The lowest BCUT2D eigenvalue weighted by atomic mass is 10.1. The average molecular weight is 311 g/mol. The van der Waals surface area contributed by atoms with Crippen molar-refractivity contribution in [1.29, 1.82) is 0 Å². The number of fused-ring (bicyclic) bond motifs is 1. The smallest absolute Gasteiger partial charge is 0.349 e. The van der Waals surface area contributed by atoms with E-state index in [0.29, 0.717) is 25.1 Å². The summed E-state index contributed by atoms with van der Waals surface area (Å²) < 4.78 is 5.47. The Bertz CT molecular complexity index is 783. The van der Waals surface area contributed by atoms with Crippen molar-refractivity contribution in [3.63, 3.8) is 0 Å². The summed E-state index contributed by atoms with van der Waals surface area (Å²) in [4.78, 5) is 26.8. The molecule has 0 atom stereocenters. The largest absolute Gasteiger partial charge is 0.422 e. The molecular formula is C19H21NO3. The number of nitrogens with zero attached hydrogens (tertiary/aromatic N) is 1. The minimum absolute atomic E-state index is 0.134. The van der Waals surface area contributed by atoms with E-state index in [1.807, 2.05) is 18.2 Å². The van der Waals surface area contributed by atoms with Gasteiger partial charge in [0.05, 0.1) is 0 Å². The summed E-state index contributed by atoms with van der Waals surface area (Å²) in [5, 5.41) is 0.780. The topological polar surface area (TPSA) is 50.5 Å². The Morgan fingerprint density at radius 3 is 2.65 bits per heavy atom. The second-order valence-corrected chi connectivity index (χ2v) is 5.98. The van der Waals surface area contributed by atoms with Crippen LogP contribution in [0.4, 0.5) is 0 Å². The molecule has 0 saturated carbocycles. The van der Waals surface area contributed by atoms with Crippen LogP contribution in [0.2, 0.25) is 0 Å². The number of carbonyl (C=O) groups is 1. The van der Waals surface area contributed by atoms with Crippen molar-refractivity contribution in [1.82, 2.24) is 4.90 Å². The van der Waals surface area contributed by atoms with Crippen molar-refractivity contribution in [2.24, 2.45) is 0 Å². The van der Waals surface area contributed by atoms with Crippen LogP contribution in [-0.2, 0) is 6.42 Å². The normalized spacial score (nSPS) is 15.4. The second kappa shape index (κ2) is 6.82. The summed E-state index contributed by atoms with van der Waals surface area (Å²) in [5.74, 6) is -0.211. The molecule has 0 unspecified atom stereocenters. The lowest BCUT2D eigenvalue weighted by Gasteiger charge is -2.19. The highest BCUT2D eigenvalue weighted by Crippen LogP contribution is 2.20. The van der Waals surface area contributed by atoms with E-state index in [4.69, 9.17) is 4.42 Å². The number of amides is 1. The number of rotatable bonds is 3. The highest BCUT2D eigenvalue weighted by Gasteiger charge is 2.21. The summed E-state index contributed by atoms with van der Waals surface area (Å²) in [5.41, 5.74) is 1.03. The lowest BCUT2D eigenvalue weighted by molar-refractivity contribution is 0.0757. The number of benzene rings is 1. The van der Waals surface area contributed by atoms with Crippen molar-refractivity contribution in [3.05, 3.63) is 58.5 Å². The fourth-order valence-electron chi connectivity index (χ4n) is 3.11. The highest BCUT2D eigenvalue weighted by molar-refractivity contribution is 5.97. The third-order valence-corrected chi connectivity index (χ3v) is 4.33. The molecule has 4 heteroatoms. The summed E-state index contributed by atoms with van der Waals surface area (Å²) in [6.07, 6.45) is 6.66. The molecule has 1 saturated heterocycles. The summed E-state index contributed by atoms with van der Waals surface area (Å²) in [6, 6.07) is 7.34. The van der Waals surface area contributed by atoms with Gasteiger partial charge in [0.25, 0.3) is 5.91 Å². The zero-order chi connectivity index (χ0) is 16.2. The van der Waals surface area contributed by atoms with Crippen LogP contribution < -0.4 is 5.63 Å². The molecule has 0 N–H and O–H groups in total. The molecule has 0 spiro atoms. The van der Waals surface area contributed by atoms with Gasteiger partial charge in [-0.15, -0.1) is 6.58 Å². The van der Waals surface area contributed by atoms with Gasteiger partial charge in [-0.05, 0) is 30.9 Å². The van der Waals surface area contributed by atoms with Crippen molar-refractivity contribution in [2.45, 2.75) is 32.1 Å². The van der Waals surface area contributed by atoms with E-state index in [0.717, 1.165) is 36.6 Å². The minimum atomic E-state index is -0.553. The molecule has 0 radical (unpaired) electrons. The van der Waals surface area contributed by atoms with E-state index in [-0.39, 0.29) is 11.5 Å². The summed E-state index contributed by atoms with van der Waals surface area (Å²) in [7, 11) is 0. The zero-order valence-electron chi connectivity index (χ0n) is 13.2. The van der Waals surface area contributed by atoms with E-state index in [1.54, 1.807) is 17.0 Å². The van der Waals surface area contributed by atoms with E-state index >= 15 is 0 Å². The van der Waals surface area contributed by atoms with Gasteiger partial charge in [-0.1, -0.05) is 37.1 Å². The van der Waals surface area contributed by atoms with Gasteiger partial charge in [-0.3, -0.25) is 4.79 Å². The number of para-hydroxylation sites is 1. The number of hydrogen-bond acceptors (Lipinski definition) is 3. The lowest BCUT2D eigenvalue weighted by Crippen LogP contribution is -2.34. The molecule has 1 fully saturated rings. The Hall–Kier alpha value is -2.36. The van der Waals surface area contributed by atoms with Gasteiger partial charge >= 0.3 is 5.63 Å². The Morgan fingerprint density at radius 2 is 1.96 bits per heavy atom. The Kier molecular flexibility index (Phi) is 4.60. The van der Waals surface area contributed by atoms with Crippen LogP contribution in [0.1, 0.15) is 41.6 Å². The number of carbonyl (C=O) groups excluding carboxylic acids is 1. The quantitative estimate of drug-likeness (QED) is 0.643. The predicted octanol–water partition coefficient (Wildman–Crippen LogP) is 3.54. The molecule has 1 aliphatic heterocycles. The molecule has 1 amide bonds. The molecule has 120 valence electrons. The van der Waals surface area contributed by atoms with Crippen LogP contribution in [0.3, 0.4) is 0 Å². The van der Waals surface area contributed by atoms with Gasteiger partial charge in [0.2, 0.25) is 0 Å². The van der Waals surface area contributed by atoms with Crippen LogP contribution >= 0.6 is 0 Å². The molecule has 0 aliphatic carbocycles. The summed E-state index contributed by atoms with van der Waals surface area (Å²) in [6.45, 7) is 5.15. The predicted molar refractivity (Wildman–Crippen MR) is 90.8 cm³/mol. The van der Waals surface area contributed by atoms with Crippen molar-refractivity contribution >= 4 is 16.9 Å². The van der Waals surface area contributed by atoms with Gasteiger partial charge in [0.1, 0.15) is 11.1 Å². The van der Waals surface area contributed by atoms with Crippen molar-refractivity contribution in [3.8, 4) is 0 Å². The fourth-order valence-corrected chi connectivity index (χ4v) is 3.11. The maximum absolute atomic E-state index is 12.7. The molecular weight excluding hydrogens is 290 g/mol. The molecule has 2 aromatic rings. The van der Waals surface area contributed by atoms with Crippen molar-refractivity contribution in [2.75, 3.05) is 13.1 Å². The average Bonchev–Trinajstić information content (AvgIpc) is 2.84. The molecule has 2 heterocycles. The Morgan fingerprint density at radius 1 is 1.22 bits per heavy atom. The second-order valence-electron chi connectivity index (χ2n) is 5.98. The number of likely N-dealkylation sites (tertiary alicyclic amines) is 1. The third-order valence-electron chi connectivity index (χ3n) is 4.33. The van der Waals surface area contributed by atoms with Crippen LogP contribution in [0.15, 0.2) is 46.1 Å². The molecule has 1 aromatic carbocycles. The van der Waals surface area contributed by atoms with Crippen molar-refractivity contribution < 1.29 is 9.21 Å². The van der Waals surface area contributed by atoms with Gasteiger partial charge in [-0.2, -0.15) is 0 Å². The monoisotopic (exact) mass is 311 g/mol. The SMILES string of the molecule is C=CCc1cccc2cc(C(=O)N3CCCCCC3)c(=O)oc12. The Balaban J connectivity index is 2.01. The first-order valence-electron chi connectivity index (χ1n) is 8.16. The first-order valence-corrected chi connectivity index (χ1v) is 8.16. The summed E-state index contributed by atoms with van der Waals surface area (Å²) >= 11 is 0. The third kappa shape index (κ3) is 3.21. The zero-order valence-corrected chi connectivity index (χ0v) is 13.2. The maximum Gasteiger partial charge on any atom is 0.349 e. The highest BCUT2D eigenvalue weighted by atomic mass is 16.4. The first-order chi connectivity index (χ1) is 11.2. The van der Waals surface area contributed by atoms with Gasteiger partial charge in [-0.25, -0.2) is 4.79 Å². The van der Waals surface area contributed by atoms with Crippen LogP contribution in [0.5, 0.6) is 0 Å². The standard InChI is InChI=1S/C19H21NO3/c1-2-8-14-9-7-10-15-13-16(19(22)23-17(14)15)18(21)20-11-5-3-4-6-12-20/h2,7,9-10,13H,1,3-6,8,11-12H2. The van der Waals surface area contributed by atoms with E-state index in [1.165, 1.54) is 0 Å². The van der Waals surface area contributed by atoms with E-state index < -0.39 is 5.63 Å². The number of allylic oxidation sites excluding steroid dienone is 1. The van der Waals surface area contributed by atoms with Gasteiger partial charge < -0.3 is 9.32 Å². The molecule has 4 nitrogen and oxygen atoms in total. The van der Waals surface area contributed by atoms with Crippen LogP contribution in [-0.4, -0.2) is 23.9 Å². The molecule has 1 aliphatic rings. The van der Waals surface area contributed by atoms with Crippen LogP contribution in [0.25, 0.3) is 11.0 Å². The fraction of sp³-hybridized carbons (Fsp3) is 0.368. The van der Waals surface area contributed by atoms with Gasteiger partial charge in [0.15, 0.2) is 0 Å². The number of hydrogen-bond donors (Lipinski definition) is 0. The van der Waals surface area contributed by atoms with E-state index in [2.05, 4.69) is 6.58 Å². The van der Waals surface area contributed by atoms with Gasteiger partial charge in [0, 0.05) is 18.5 Å². The molecule has 3 rings (SSSR count). The minimum Gasteiger partial charge on any atom is -0.422 e. The molecule has 1 aromatic heterocycles. The van der Waals surface area contributed by atoms with Crippen LogP contribution in [0, 0.1) is 0 Å². The Labute approximate surface area is 135 Å². The maximum atomic E-state index is 12.7. The molecule has 0 bridgehead atoms. The molecule has 23 heavy (non-hydrogen) atoms.